The third kappa shape index (κ3) is 4.44. The first-order valence-corrected chi connectivity index (χ1v) is 7.48. The van der Waals surface area contributed by atoms with E-state index >= 15 is 0 Å². The average molecular weight is 276 g/mol. The fraction of sp³-hybridized carbons (Fsp3) is 0.562. The fourth-order valence-electron chi connectivity index (χ4n) is 2.52. The van der Waals surface area contributed by atoms with Crippen LogP contribution in [0, 0.1) is 0 Å². The van der Waals surface area contributed by atoms with Gasteiger partial charge < -0.3 is 15.4 Å². The van der Waals surface area contributed by atoms with E-state index in [0.717, 1.165) is 18.5 Å². The highest BCUT2D eigenvalue weighted by molar-refractivity contribution is 5.91. The summed E-state index contributed by atoms with van der Waals surface area (Å²) in [5.74, 6) is 0.710. The second-order valence-corrected chi connectivity index (χ2v) is 5.60. The van der Waals surface area contributed by atoms with E-state index in [1.807, 2.05) is 38.1 Å². The van der Waals surface area contributed by atoms with E-state index in [2.05, 4.69) is 10.6 Å². The van der Waals surface area contributed by atoms with Crippen molar-refractivity contribution in [2.24, 2.45) is 0 Å². The predicted octanol–water partition coefficient (Wildman–Crippen LogP) is 3.93. The minimum Gasteiger partial charge on any atom is -0.489 e. The molecule has 0 saturated heterocycles. The van der Waals surface area contributed by atoms with Crippen LogP contribution in [0.5, 0.6) is 5.75 Å². The van der Waals surface area contributed by atoms with Crippen LogP contribution >= 0.6 is 0 Å². The summed E-state index contributed by atoms with van der Waals surface area (Å²) in [7, 11) is 0. The summed E-state index contributed by atoms with van der Waals surface area (Å²) in [5.41, 5.74) is 0.717. The van der Waals surface area contributed by atoms with Crippen LogP contribution in [0.4, 0.5) is 10.5 Å². The maximum Gasteiger partial charge on any atom is 0.319 e. The summed E-state index contributed by atoms with van der Waals surface area (Å²) in [6, 6.07) is 7.69. The van der Waals surface area contributed by atoms with Crippen LogP contribution in [-0.4, -0.2) is 18.2 Å². The van der Waals surface area contributed by atoms with Gasteiger partial charge in [-0.05, 0) is 38.8 Å². The minimum atomic E-state index is -0.142. The lowest BCUT2D eigenvalue weighted by atomic mass is 9.96. The maximum atomic E-state index is 12.0. The van der Waals surface area contributed by atoms with Gasteiger partial charge >= 0.3 is 6.03 Å². The van der Waals surface area contributed by atoms with Crippen LogP contribution in [-0.2, 0) is 0 Å². The van der Waals surface area contributed by atoms with Gasteiger partial charge in [0, 0.05) is 6.04 Å². The molecular weight excluding hydrogens is 252 g/mol. The van der Waals surface area contributed by atoms with Crippen molar-refractivity contribution < 1.29 is 9.53 Å². The van der Waals surface area contributed by atoms with Crippen LogP contribution in [0.2, 0.25) is 0 Å². The van der Waals surface area contributed by atoms with Gasteiger partial charge in [-0.15, -0.1) is 0 Å². The molecule has 1 aliphatic carbocycles. The smallest absolute Gasteiger partial charge is 0.319 e. The summed E-state index contributed by atoms with van der Waals surface area (Å²) in [6.07, 6.45) is 5.94. The molecule has 2 amide bonds. The Morgan fingerprint density at radius 1 is 1.20 bits per heavy atom. The summed E-state index contributed by atoms with van der Waals surface area (Å²) >= 11 is 0. The second kappa shape index (κ2) is 7.17. The van der Waals surface area contributed by atoms with E-state index < -0.39 is 0 Å². The van der Waals surface area contributed by atoms with Crippen molar-refractivity contribution in [2.75, 3.05) is 5.32 Å². The van der Waals surface area contributed by atoms with Crippen molar-refractivity contribution in [3.05, 3.63) is 24.3 Å². The Balaban J connectivity index is 1.93. The van der Waals surface area contributed by atoms with E-state index in [1.165, 1.54) is 19.3 Å². The van der Waals surface area contributed by atoms with Crippen LogP contribution in [0.15, 0.2) is 24.3 Å². The highest BCUT2D eigenvalue weighted by Crippen LogP contribution is 2.25. The Kier molecular flexibility index (Phi) is 5.27. The number of carbonyl (C=O) groups is 1. The molecule has 20 heavy (non-hydrogen) atoms. The topological polar surface area (TPSA) is 50.4 Å². The normalized spacial score (nSPS) is 15.9. The molecule has 0 bridgehead atoms. The Hall–Kier alpha value is -1.71. The van der Waals surface area contributed by atoms with Crippen molar-refractivity contribution in [3.63, 3.8) is 0 Å². The highest BCUT2D eigenvalue weighted by atomic mass is 16.5. The minimum absolute atomic E-state index is 0.0827. The molecule has 2 N–H and O–H groups in total. The van der Waals surface area contributed by atoms with Crippen molar-refractivity contribution >= 4 is 11.7 Å². The molecule has 1 aliphatic rings. The van der Waals surface area contributed by atoms with Crippen LogP contribution in [0.25, 0.3) is 0 Å². The summed E-state index contributed by atoms with van der Waals surface area (Å²) in [4.78, 5) is 12.0. The molecular formula is C16H24N2O2. The quantitative estimate of drug-likeness (QED) is 0.875. The third-order valence-corrected chi connectivity index (χ3v) is 3.44. The van der Waals surface area contributed by atoms with Gasteiger partial charge in [-0.3, -0.25) is 0 Å². The number of hydrogen-bond donors (Lipinski definition) is 2. The van der Waals surface area contributed by atoms with Gasteiger partial charge in [-0.25, -0.2) is 4.79 Å². The van der Waals surface area contributed by atoms with Crippen molar-refractivity contribution in [1.29, 1.82) is 0 Å². The molecule has 1 fully saturated rings. The van der Waals surface area contributed by atoms with Gasteiger partial charge in [0.15, 0.2) is 0 Å². The number of nitrogens with one attached hydrogen (secondary N) is 2. The fourth-order valence-corrected chi connectivity index (χ4v) is 2.52. The van der Waals surface area contributed by atoms with E-state index in [9.17, 15) is 4.79 Å². The summed E-state index contributed by atoms with van der Waals surface area (Å²) in [6.45, 7) is 3.94. The van der Waals surface area contributed by atoms with E-state index in [0.29, 0.717) is 11.8 Å². The second-order valence-electron chi connectivity index (χ2n) is 5.60. The van der Waals surface area contributed by atoms with Gasteiger partial charge in [0.1, 0.15) is 5.75 Å². The Morgan fingerprint density at radius 3 is 2.60 bits per heavy atom. The first-order valence-electron chi connectivity index (χ1n) is 7.48. The standard InChI is InChI=1S/C16H24N2O2/c1-12(2)20-15-11-7-6-10-14(15)18-16(19)17-13-8-4-3-5-9-13/h6-7,10-13H,3-5,8-9H2,1-2H3,(H2,17,18,19). The van der Waals surface area contributed by atoms with E-state index in [4.69, 9.17) is 4.74 Å². The monoisotopic (exact) mass is 276 g/mol. The molecule has 1 aromatic carbocycles. The molecule has 110 valence electrons. The summed E-state index contributed by atoms with van der Waals surface area (Å²) in [5, 5.41) is 5.93. The van der Waals surface area contributed by atoms with Crippen LogP contribution < -0.4 is 15.4 Å². The maximum absolute atomic E-state index is 12.0. The molecule has 0 unspecified atom stereocenters. The number of benzene rings is 1. The lowest BCUT2D eigenvalue weighted by molar-refractivity contribution is 0.239. The number of ether oxygens (including phenoxy) is 1. The molecule has 1 saturated carbocycles. The van der Waals surface area contributed by atoms with Crippen LogP contribution in [0.1, 0.15) is 46.0 Å². The Labute approximate surface area is 120 Å². The highest BCUT2D eigenvalue weighted by Gasteiger charge is 2.16. The number of rotatable bonds is 4. The van der Waals surface area contributed by atoms with Gasteiger partial charge in [-0.1, -0.05) is 31.4 Å². The average Bonchev–Trinajstić information content (AvgIpc) is 2.41. The zero-order valence-corrected chi connectivity index (χ0v) is 12.3. The molecule has 0 aromatic heterocycles. The molecule has 0 spiro atoms. The first kappa shape index (κ1) is 14.7. The number of amides is 2. The van der Waals surface area contributed by atoms with Gasteiger partial charge in [0.2, 0.25) is 0 Å². The Bertz CT molecular complexity index is 440. The van der Waals surface area contributed by atoms with E-state index in [1.54, 1.807) is 0 Å². The number of hydrogen-bond acceptors (Lipinski definition) is 2. The van der Waals surface area contributed by atoms with Crippen molar-refractivity contribution in [1.82, 2.24) is 5.32 Å². The van der Waals surface area contributed by atoms with Crippen molar-refractivity contribution in [2.45, 2.75) is 58.1 Å². The predicted molar refractivity (Wildman–Crippen MR) is 81.2 cm³/mol. The zero-order valence-electron chi connectivity index (χ0n) is 12.3. The molecule has 0 aliphatic heterocycles. The van der Waals surface area contributed by atoms with Crippen LogP contribution in [0.3, 0.4) is 0 Å². The Morgan fingerprint density at radius 2 is 1.90 bits per heavy atom. The zero-order chi connectivity index (χ0) is 14.4. The SMILES string of the molecule is CC(C)Oc1ccccc1NC(=O)NC1CCCCC1. The molecule has 2 rings (SSSR count). The molecule has 1 aromatic rings. The van der Waals surface area contributed by atoms with Gasteiger partial charge in [-0.2, -0.15) is 0 Å². The number of anilines is 1. The largest absolute Gasteiger partial charge is 0.489 e. The molecule has 0 heterocycles. The third-order valence-electron chi connectivity index (χ3n) is 3.44. The lowest BCUT2D eigenvalue weighted by Gasteiger charge is -2.23. The lowest BCUT2D eigenvalue weighted by Crippen LogP contribution is -2.39. The number of para-hydroxylation sites is 2. The number of urea groups is 1. The molecule has 4 heteroatoms. The van der Waals surface area contributed by atoms with E-state index in [-0.39, 0.29) is 12.1 Å². The molecule has 4 nitrogen and oxygen atoms in total. The van der Waals surface area contributed by atoms with Crippen molar-refractivity contribution in [3.8, 4) is 5.75 Å². The summed E-state index contributed by atoms with van der Waals surface area (Å²) < 4.78 is 5.69. The van der Waals surface area contributed by atoms with Gasteiger partial charge in [0.25, 0.3) is 0 Å². The van der Waals surface area contributed by atoms with Gasteiger partial charge in [0.05, 0.1) is 11.8 Å². The molecule has 0 radical (unpaired) electrons. The molecule has 0 atom stereocenters. The first-order chi connectivity index (χ1) is 9.65. The number of carbonyl (C=O) groups excluding carboxylic acids is 1.